The highest BCUT2D eigenvalue weighted by Gasteiger charge is 2.12. The second-order valence-corrected chi connectivity index (χ2v) is 3.88. The second-order valence-electron chi connectivity index (χ2n) is 3.88. The van der Waals surface area contributed by atoms with Crippen molar-refractivity contribution in [3.8, 4) is 5.82 Å². The normalized spacial score (nSPS) is 10.5. The van der Waals surface area contributed by atoms with Gasteiger partial charge in [-0.3, -0.25) is 4.57 Å². The number of anilines is 1. The molecule has 6 nitrogen and oxygen atoms in total. The van der Waals surface area contributed by atoms with Gasteiger partial charge in [0.15, 0.2) is 11.5 Å². The van der Waals surface area contributed by atoms with Gasteiger partial charge in [0.05, 0.1) is 5.69 Å². The Balaban J connectivity index is 2.52. The first-order chi connectivity index (χ1) is 8.63. The number of hydrogen-bond acceptors (Lipinski definition) is 4. The molecule has 18 heavy (non-hydrogen) atoms. The van der Waals surface area contributed by atoms with Crippen LogP contribution in [0, 0.1) is 0 Å². The summed E-state index contributed by atoms with van der Waals surface area (Å²) in [6.45, 7) is 2.05. The molecule has 94 valence electrons. The maximum Gasteiger partial charge on any atom is 0.354 e. The molecule has 0 aromatic carbocycles. The lowest BCUT2D eigenvalue weighted by Gasteiger charge is -2.09. The Bertz CT molecular complexity index is 577. The van der Waals surface area contributed by atoms with Crippen LogP contribution in [0.25, 0.3) is 5.82 Å². The molecule has 2 rings (SSSR count). The number of pyridine rings is 1. The summed E-state index contributed by atoms with van der Waals surface area (Å²) in [5.41, 5.74) is 6.24. The van der Waals surface area contributed by atoms with Gasteiger partial charge in [-0.15, -0.1) is 0 Å². The Labute approximate surface area is 104 Å². The molecule has 0 aliphatic rings. The molecule has 0 saturated carbocycles. The number of aryl methyl sites for hydroxylation is 1. The van der Waals surface area contributed by atoms with E-state index in [9.17, 15) is 4.79 Å². The average molecular weight is 246 g/mol. The number of carboxylic acids is 1. The first-order valence-electron chi connectivity index (χ1n) is 5.66. The van der Waals surface area contributed by atoms with Crippen molar-refractivity contribution in [3.63, 3.8) is 0 Å². The number of aromatic nitrogens is 3. The maximum absolute atomic E-state index is 10.9. The lowest BCUT2D eigenvalue weighted by atomic mass is 10.3. The number of imidazole rings is 1. The third-order valence-electron chi connectivity index (χ3n) is 2.54. The van der Waals surface area contributed by atoms with Gasteiger partial charge in [0, 0.05) is 18.8 Å². The van der Waals surface area contributed by atoms with Crippen LogP contribution in [-0.4, -0.2) is 25.6 Å². The number of hydrogen-bond donors (Lipinski definition) is 2. The number of aromatic carboxylic acids is 1. The Hall–Kier alpha value is -2.37. The van der Waals surface area contributed by atoms with Gasteiger partial charge in [0.2, 0.25) is 0 Å². The topological polar surface area (TPSA) is 94.0 Å². The highest BCUT2D eigenvalue weighted by molar-refractivity contribution is 5.86. The number of carboxylic acid groups (broad SMARTS) is 1. The molecule has 2 aromatic rings. The Morgan fingerprint density at radius 2 is 2.28 bits per heavy atom. The van der Waals surface area contributed by atoms with Gasteiger partial charge in [-0.25, -0.2) is 14.8 Å². The molecule has 0 saturated heterocycles. The number of rotatable bonds is 4. The molecular formula is C12H14N4O2. The average Bonchev–Trinajstić information content (AvgIpc) is 2.78. The molecule has 2 aromatic heterocycles. The largest absolute Gasteiger partial charge is 0.477 e. The zero-order valence-corrected chi connectivity index (χ0v) is 10.00. The molecule has 2 heterocycles. The third-order valence-corrected chi connectivity index (χ3v) is 2.54. The number of nitrogen functional groups attached to an aromatic ring is 1. The van der Waals surface area contributed by atoms with Gasteiger partial charge in [-0.1, -0.05) is 6.92 Å². The quantitative estimate of drug-likeness (QED) is 0.852. The zero-order valence-electron chi connectivity index (χ0n) is 10.00. The Morgan fingerprint density at radius 3 is 2.94 bits per heavy atom. The van der Waals surface area contributed by atoms with Gasteiger partial charge >= 0.3 is 5.97 Å². The van der Waals surface area contributed by atoms with Gasteiger partial charge < -0.3 is 10.8 Å². The van der Waals surface area contributed by atoms with E-state index in [1.807, 2.05) is 6.92 Å². The predicted molar refractivity (Wildman–Crippen MR) is 66.7 cm³/mol. The number of nitrogens with two attached hydrogens (primary N) is 1. The van der Waals surface area contributed by atoms with Gasteiger partial charge in [-0.05, 0) is 18.6 Å². The van der Waals surface area contributed by atoms with Crippen LogP contribution < -0.4 is 5.73 Å². The van der Waals surface area contributed by atoms with E-state index >= 15 is 0 Å². The van der Waals surface area contributed by atoms with Crippen molar-refractivity contribution in [1.29, 1.82) is 0 Å². The minimum atomic E-state index is -1.08. The minimum absolute atomic E-state index is 0.0321. The zero-order chi connectivity index (χ0) is 13.1. The van der Waals surface area contributed by atoms with E-state index in [-0.39, 0.29) is 5.69 Å². The fourth-order valence-corrected chi connectivity index (χ4v) is 1.71. The molecule has 0 fully saturated rings. The molecule has 0 amide bonds. The number of nitrogens with zero attached hydrogens (tertiary/aromatic N) is 3. The minimum Gasteiger partial charge on any atom is -0.477 e. The molecule has 0 bridgehead atoms. The van der Waals surface area contributed by atoms with Crippen molar-refractivity contribution in [2.75, 3.05) is 5.73 Å². The molecule has 0 spiro atoms. The molecule has 0 aliphatic heterocycles. The predicted octanol–water partition coefficient (Wildman–Crippen LogP) is 1.50. The Morgan fingerprint density at radius 1 is 1.50 bits per heavy atom. The maximum atomic E-state index is 10.9. The highest BCUT2D eigenvalue weighted by atomic mass is 16.4. The SMILES string of the molecule is CCCc1nccn1-c1nc(C(=O)O)ccc1N. The first kappa shape index (κ1) is 12.1. The van der Waals surface area contributed by atoms with Crippen LogP contribution >= 0.6 is 0 Å². The summed E-state index contributed by atoms with van der Waals surface area (Å²) in [5.74, 6) is 0.156. The first-order valence-corrected chi connectivity index (χ1v) is 5.66. The van der Waals surface area contributed by atoms with E-state index in [2.05, 4.69) is 9.97 Å². The van der Waals surface area contributed by atoms with Crippen molar-refractivity contribution in [2.45, 2.75) is 19.8 Å². The van der Waals surface area contributed by atoms with E-state index < -0.39 is 5.97 Å². The Kier molecular flexibility index (Phi) is 3.27. The van der Waals surface area contributed by atoms with Crippen LogP contribution in [0.5, 0.6) is 0 Å². The lowest BCUT2D eigenvalue weighted by molar-refractivity contribution is 0.0690. The standard InChI is InChI=1S/C12H14N4O2/c1-2-3-10-14-6-7-16(10)11-8(13)4-5-9(15-11)12(17)18/h4-7H,2-3,13H2,1H3,(H,17,18). The van der Waals surface area contributed by atoms with Crippen LogP contribution in [0.3, 0.4) is 0 Å². The monoisotopic (exact) mass is 246 g/mol. The molecule has 0 aliphatic carbocycles. The molecule has 3 N–H and O–H groups in total. The van der Waals surface area contributed by atoms with E-state index in [0.29, 0.717) is 11.5 Å². The molecule has 6 heteroatoms. The molecule has 0 unspecified atom stereocenters. The lowest BCUT2D eigenvalue weighted by Crippen LogP contribution is -2.10. The van der Waals surface area contributed by atoms with Crippen molar-refractivity contribution < 1.29 is 9.90 Å². The van der Waals surface area contributed by atoms with Crippen LogP contribution in [0.1, 0.15) is 29.7 Å². The van der Waals surface area contributed by atoms with Crippen molar-refractivity contribution in [2.24, 2.45) is 0 Å². The smallest absolute Gasteiger partial charge is 0.354 e. The van der Waals surface area contributed by atoms with E-state index in [1.54, 1.807) is 23.0 Å². The van der Waals surface area contributed by atoms with Crippen LogP contribution in [0.15, 0.2) is 24.5 Å². The molecule has 0 radical (unpaired) electrons. The summed E-state index contributed by atoms with van der Waals surface area (Å²) in [6.07, 6.45) is 5.11. The van der Waals surface area contributed by atoms with Crippen molar-refractivity contribution in [3.05, 3.63) is 36.0 Å². The second kappa shape index (κ2) is 4.87. The molecular weight excluding hydrogens is 232 g/mol. The molecule has 0 atom stereocenters. The summed E-state index contributed by atoms with van der Waals surface area (Å²) in [7, 11) is 0. The van der Waals surface area contributed by atoms with E-state index in [0.717, 1.165) is 18.7 Å². The van der Waals surface area contributed by atoms with Crippen LogP contribution in [0.4, 0.5) is 5.69 Å². The third kappa shape index (κ3) is 2.17. The highest BCUT2D eigenvalue weighted by Crippen LogP contribution is 2.17. The van der Waals surface area contributed by atoms with E-state index in [4.69, 9.17) is 10.8 Å². The summed E-state index contributed by atoms with van der Waals surface area (Å²) in [4.78, 5) is 19.2. The summed E-state index contributed by atoms with van der Waals surface area (Å²) >= 11 is 0. The van der Waals surface area contributed by atoms with Crippen molar-refractivity contribution >= 4 is 11.7 Å². The van der Waals surface area contributed by atoms with Gasteiger partial charge in [0.25, 0.3) is 0 Å². The van der Waals surface area contributed by atoms with Gasteiger partial charge in [-0.2, -0.15) is 0 Å². The summed E-state index contributed by atoms with van der Waals surface area (Å²) in [6, 6.07) is 2.93. The summed E-state index contributed by atoms with van der Waals surface area (Å²) < 4.78 is 1.73. The van der Waals surface area contributed by atoms with Crippen LogP contribution in [-0.2, 0) is 6.42 Å². The van der Waals surface area contributed by atoms with Crippen LogP contribution in [0.2, 0.25) is 0 Å². The fraction of sp³-hybridized carbons (Fsp3) is 0.250. The van der Waals surface area contributed by atoms with Crippen molar-refractivity contribution in [1.82, 2.24) is 14.5 Å². The van der Waals surface area contributed by atoms with E-state index in [1.165, 1.54) is 6.07 Å². The van der Waals surface area contributed by atoms with Gasteiger partial charge in [0.1, 0.15) is 5.82 Å². The number of carbonyl (C=O) groups is 1. The summed E-state index contributed by atoms with van der Waals surface area (Å²) in [5, 5.41) is 8.94. The fourth-order valence-electron chi connectivity index (χ4n) is 1.71.